The summed E-state index contributed by atoms with van der Waals surface area (Å²) in [6.45, 7) is 0.739. The molecule has 17 heavy (non-hydrogen) atoms. The Hall–Kier alpha value is -0.840. The topological polar surface area (TPSA) is 29.9 Å². The van der Waals surface area contributed by atoms with Gasteiger partial charge in [-0.3, -0.25) is 0 Å². The van der Waals surface area contributed by atoms with Gasteiger partial charge in [0.05, 0.1) is 12.2 Å². The fourth-order valence-electron chi connectivity index (χ4n) is 1.75. The van der Waals surface area contributed by atoms with Gasteiger partial charge >= 0.3 is 0 Å². The van der Waals surface area contributed by atoms with Gasteiger partial charge in [-0.1, -0.05) is 23.7 Å². The minimum absolute atomic E-state index is 0.738. The van der Waals surface area contributed by atoms with E-state index in [2.05, 4.69) is 30.8 Å². The van der Waals surface area contributed by atoms with E-state index < -0.39 is 0 Å². The van der Waals surface area contributed by atoms with Crippen LogP contribution in [0, 0.1) is 0 Å². The van der Waals surface area contributed by atoms with E-state index in [-0.39, 0.29) is 0 Å². The maximum Gasteiger partial charge on any atom is 0.132 e. The minimum Gasteiger partial charge on any atom is -0.329 e. The van der Waals surface area contributed by atoms with Gasteiger partial charge in [0.1, 0.15) is 10.4 Å². The Morgan fingerprint density at radius 2 is 2.00 bits per heavy atom. The molecule has 5 heteroatoms. The first-order valence-corrected chi connectivity index (χ1v) is 6.42. The largest absolute Gasteiger partial charge is 0.329 e. The first-order valence-electron chi connectivity index (χ1n) is 5.25. The first kappa shape index (κ1) is 12.6. The molecule has 0 unspecified atom stereocenters. The molecule has 1 aromatic heterocycles. The van der Waals surface area contributed by atoms with Gasteiger partial charge in [-0.15, -0.1) is 0 Å². The number of hydrogen-bond acceptors (Lipinski definition) is 2. The van der Waals surface area contributed by atoms with Crippen LogP contribution >= 0.6 is 27.5 Å². The molecule has 0 bridgehead atoms. The molecule has 0 saturated heterocycles. The molecule has 90 valence electrons. The van der Waals surface area contributed by atoms with Gasteiger partial charge in [0.2, 0.25) is 0 Å². The van der Waals surface area contributed by atoms with E-state index in [9.17, 15) is 0 Å². The molecule has 0 spiro atoms. The van der Waals surface area contributed by atoms with Crippen molar-refractivity contribution in [2.45, 2.75) is 6.54 Å². The zero-order valence-corrected chi connectivity index (χ0v) is 12.0. The number of nitrogens with one attached hydrogen (secondary N) is 1. The van der Waals surface area contributed by atoms with E-state index in [1.54, 1.807) is 0 Å². The Labute approximate surface area is 114 Å². The van der Waals surface area contributed by atoms with Crippen molar-refractivity contribution >= 4 is 27.5 Å². The highest BCUT2D eigenvalue weighted by Crippen LogP contribution is 2.29. The Kier molecular flexibility index (Phi) is 3.86. The lowest BCUT2D eigenvalue weighted by atomic mass is 10.2. The van der Waals surface area contributed by atoms with E-state index in [0.717, 1.165) is 33.3 Å². The summed E-state index contributed by atoms with van der Waals surface area (Å²) in [5, 5.41) is 3.84. The average molecular weight is 315 g/mol. The van der Waals surface area contributed by atoms with Crippen molar-refractivity contribution in [3.8, 4) is 11.3 Å². The van der Waals surface area contributed by atoms with Gasteiger partial charge < -0.3 is 9.88 Å². The first-order chi connectivity index (χ1) is 8.13. The van der Waals surface area contributed by atoms with E-state index >= 15 is 0 Å². The lowest BCUT2D eigenvalue weighted by molar-refractivity contribution is 0.712. The van der Waals surface area contributed by atoms with Crippen molar-refractivity contribution in [3.05, 3.63) is 39.7 Å². The second-order valence-corrected chi connectivity index (χ2v) is 4.95. The third kappa shape index (κ3) is 2.54. The summed E-state index contributed by atoms with van der Waals surface area (Å²) in [5.41, 5.74) is 2.16. The molecule has 1 heterocycles. The molecule has 0 amide bonds. The maximum atomic E-state index is 5.89. The van der Waals surface area contributed by atoms with Crippen LogP contribution in [0.2, 0.25) is 5.02 Å². The van der Waals surface area contributed by atoms with E-state index in [4.69, 9.17) is 11.6 Å². The van der Waals surface area contributed by atoms with Gasteiger partial charge in [-0.25, -0.2) is 4.98 Å². The highest BCUT2D eigenvalue weighted by molar-refractivity contribution is 9.10. The van der Waals surface area contributed by atoms with Crippen LogP contribution in [0.3, 0.4) is 0 Å². The highest BCUT2D eigenvalue weighted by atomic mass is 79.9. The Morgan fingerprint density at radius 3 is 2.59 bits per heavy atom. The van der Waals surface area contributed by atoms with Crippen molar-refractivity contribution in [1.29, 1.82) is 0 Å². The Morgan fingerprint density at radius 1 is 1.35 bits per heavy atom. The van der Waals surface area contributed by atoms with Gasteiger partial charge in [-0.2, -0.15) is 0 Å². The number of halogens is 2. The molecule has 3 nitrogen and oxygen atoms in total. The maximum absolute atomic E-state index is 5.89. The molecule has 2 rings (SSSR count). The van der Waals surface area contributed by atoms with Crippen molar-refractivity contribution in [2.75, 3.05) is 7.05 Å². The van der Waals surface area contributed by atoms with Gasteiger partial charge in [0, 0.05) is 17.6 Å². The second-order valence-electron chi connectivity index (χ2n) is 3.76. The van der Waals surface area contributed by atoms with Crippen LogP contribution in [0.5, 0.6) is 0 Å². The minimum atomic E-state index is 0.738. The van der Waals surface area contributed by atoms with Crippen LogP contribution in [0.15, 0.2) is 28.9 Å². The SMILES string of the molecule is CNCc1nc(Br)c(-c2ccc(Cl)cc2)n1C. The summed E-state index contributed by atoms with van der Waals surface area (Å²) in [6, 6.07) is 7.75. The second kappa shape index (κ2) is 5.21. The summed E-state index contributed by atoms with van der Waals surface area (Å²) in [5.74, 6) is 0.990. The third-order valence-electron chi connectivity index (χ3n) is 2.60. The van der Waals surface area contributed by atoms with Crippen LogP contribution in [0.4, 0.5) is 0 Å². The molecule has 0 saturated carbocycles. The lowest BCUT2D eigenvalue weighted by Gasteiger charge is -2.06. The Bertz CT molecular complexity index is 519. The normalized spacial score (nSPS) is 10.8. The van der Waals surface area contributed by atoms with Crippen molar-refractivity contribution in [1.82, 2.24) is 14.9 Å². The molecule has 0 aliphatic rings. The van der Waals surface area contributed by atoms with Crippen molar-refractivity contribution in [2.24, 2.45) is 7.05 Å². The predicted molar refractivity (Wildman–Crippen MR) is 74.1 cm³/mol. The van der Waals surface area contributed by atoms with Crippen LogP contribution in [0.25, 0.3) is 11.3 Å². The molecule has 0 fully saturated rings. The van der Waals surface area contributed by atoms with Crippen LogP contribution in [-0.4, -0.2) is 16.6 Å². The molecule has 2 aromatic rings. The smallest absolute Gasteiger partial charge is 0.132 e. The monoisotopic (exact) mass is 313 g/mol. The summed E-state index contributed by atoms with van der Waals surface area (Å²) >= 11 is 9.39. The van der Waals surface area contributed by atoms with E-state index in [1.165, 1.54) is 0 Å². The van der Waals surface area contributed by atoms with Crippen LogP contribution in [0.1, 0.15) is 5.82 Å². The van der Waals surface area contributed by atoms with Gasteiger partial charge in [0.15, 0.2) is 0 Å². The average Bonchev–Trinajstić information content (AvgIpc) is 2.57. The molecule has 0 aliphatic carbocycles. The summed E-state index contributed by atoms with van der Waals surface area (Å²) in [4.78, 5) is 4.48. The molecular formula is C12H13BrClN3. The fourth-order valence-corrected chi connectivity index (χ4v) is 2.57. The summed E-state index contributed by atoms with van der Waals surface area (Å²) in [6.07, 6.45) is 0. The van der Waals surface area contributed by atoms with Crippen LogP contribution < -0.4 is 5.32 Å². The fraction of sp³-hybridized carbons (Fsp3) is 0.250. The standard InChI is InChI=1S/C12H13BrClN3/c1-15-7-10-16-12(13)11(17(10)2)8-3-5-9(14)6-4-8/h3-6,15H,7H2,1-2H3. The molecule has 0 aliphatic heterocycles. The highest BCUT2D eigenvalue weighted by Gasteiger charge is 2.13. The Balaban J connectivity index is 2.48. The van der Waals surface area contributed by atoms with Gasteiger partial charge in [0.25, 0.3) is 0 Å². The van der Waals surface area contributed by atoms with E-state index in [1.807, 2.05) is 38.4 Å². The quantitative estimate of drug-likeness (QED) is 0.942. The number of aromatic nitrogens is 2. The molecule has 1 N–H and O–H groups in total. The van der Waals surface area contributed by atoms with E-state index in [0.29, 0.717) is 0 Å². The predicted octanol–water partition coefficient (Wildman–Crippen LogP) is 3.22. The molecule has 0 radical (unpaired) electrons. The number of imidazole rings is 1. The van der Waals surface area contributed by atoms with Crippen molar-refractivity contribution < 1.29 is 0 Å². The number of rotatable bonds is 3. The van der Waals surface area contributed by atoms with Gasteiger partial charge in [-0.05, 0) is 35.1 Å². The zero-order valence-electron chi connectivity index (χ0n) is 9.67. The van der Waals surface area contributed by atoms with Crippen molar-refractivity contribution in [3.63, 3.8) is 0 Å². The number of hydrogen-bond donors (Lipinski definition) is 1. The zero-order chi connectivity index (χ0) is 12.4. The molecular weight excluding hydrogens is 302 g/mol. The molecule has 1 aromatic carbocycles. The summed E-state index contributed by atoms with van der Waals surface area (Å²) < 4.78 is 2.93. The molecule has 0 atom stereocenters. The number of benzene rings is 1. The third-order valence-corrected chi connectivity index (χ3v) is 3.40. The van der Waals surface area contributed by atoms with Crippen LogP contribution in [-0.2, 0) is 13.6 Å². The summed E-state index contributed by atoms with van der Waals surface area (Å²) in [7, 11) is 3.92. The number of nitrogens with zero attached hydrogens (tertiary/aromatic N) is 2. The lowest BCUT2D eigenvalue weighted by Crippen LogP contribution is -2.10.